The molecule has 0 aromatic carbocycles. The number of nitrogens with zero attached hydrogens (tertiary/aromatic N) is 4. The molecule has 1 aliphatic rings. The van der Waals surface area contributed by atoms with Crippen molar-refractivity contribution in [2.45, 2.75) is 32.3 Å². The first-order valence-electron chi connectivity index (χ1n) is 8.00. The minimum atomic E-state index is -0.514. The Hall–Kier alpha value is -2.57. The van der Waals surface area contributed by atoms with Gasteiger partial charge in [-0.1, -0.05) is 13.0 Å². The third-order valence-corrected chi connectivity index (χ3v) is 4.02. The molecule has 3 rings (SSSR count). The summed E-state index contributed by atoms with van der Waals surface area (Å²) in [5, 5.41) is 0. The second-order valence-corrected chi connectivity index (χ2v) is 5.70. The summed E-state index contributed by atoms with van der Waals surface area (Å²) >= 11 is 0. The van der Waals surface area contributed by atoms with E-state index in [2.05, 4.69) is 15.0 Å². The SMILES string of the molecule is CCc1ncnc(OC2CCN(C(=O)Cc3cccnc3)C2)c1F. The zero-order chi connectivity index (χ0) is 16.9. The summed E-state index contributed by atoms with van der Waals surface area (Å²) in [4.78, 5) is 25.8. The number of rotatable bonds is 5. The molecule has 0 aliphatic carbocycles. The van der Waals surface area contributed by atoms with E-state index in [1.165, 1.54) is 6.33 Å². The average molecular weight is 330 g/mol. The largest absolute Gasteiger partial charge is 0.470 e. The Morgan fingerprint density at radius 2 is 2.33 bits per heavy atom. The Morgan fingerprint density at radius 1 is 1.46 bits per heavy atom. The summed E-state index contributed by atoms with van der Waals surface area (Å²) in [6.45, 7) is 2.85. The maximum Gasteiger partial charge on any atom is 0.254 e. The highest BCUT2D eigenvalue weighted by atomic mass is 19.1. The van der Waals surface area contributed by atoms with E-state index in [-0.39, 0.29) is 17.9 Å². The number of carbonyl (C=O) groups excluding carboxylic acids is 1. The summed E-state index contributed by atoms with van der Waals surface area (Å²) in [5.74, 6) is -0.528. The Morgan fingerprint density at radius 3 is 3.08 bits per heavy atom. The first-order valence-corrected chi connectivity index (χ1v) is 8.00. The Bertz CT molecular complexity index is 711. The number of hydrogen-bond donors (Lipinski definition) is 0. The quantitative estimate of drug-likeness (QED) is 0.836. The molecule has 1 amide bonds. The van der Waals surface area contributed by atoms with Gasteiger partial charge >= 0.3 is 0 Å². The predicted octanol–water partition coefficient (Wildman–Crippen LogP) is 1.80. The molecule has 3 heterocycles. The van der Waals surface area contributed by atoms with E-state index in [1.54, 1.807) is 17.3 Å². The normalized spacial score (nSPS) is 17.1. The fourth-order valence-electron chi connectivity index (χ4n) is 2.71. The van der Waals surface area contributed by atoms with Gasteiger partial charge in [0.2, 0.25) is 11.7 Å². The average Bonchev–Trinajstić information content (AvgIpc) is 3.06. The van der Waals surface area contributed by atoms with Crippen molar-refractivity contribution in [3.05, 3.63) is 47.9 Å². The van der Waals surface area contributed by atoms with Crippen molar-refractivity contribution in [1.29, 1.82) is 0 Å². The van der Waals surface area contributed by atoms with E-state index < -0.39 is 5.82 Å². The van der Waals surface area contributed by atoms with Crippen molar-refractivity contribution in [2.24, 2.45) is 0 Å². The number of ether oxygens (including phenoxy) is 1. The summed E-state index contributed by atoms with van der Waals surface area (Å²) in [5.41, 5.74) is 1.21. The highest BCUT2D eigenvalue weighted by molar-refractivity contribution is 5.79. The first-order chi connectivity index (χ1) is 11.7. The van der Waals surface area contributed by atoms with Gasteiger partial charge in [-0.15, -0.1) is 0 Å². The van der Waals surface area contributed by atoms with Gasteiger partial charge in [-0.2, -0.15) is 9.37 Å². The van der Waals surface area contributed by atoms with Gasteiger partial charge < -0.3 is 9.64 Å². The van der Waals surface area contributed by atoms with Crippen molar-refractivity contribution in [3.63, 3.8) is 0 Å². The number of halogens is 1. The van der Waals surface area contributed by atoms with Crippen molar-refractivity contribution >= 4 is 5.91 Å². The molecule has 1 saturated heterocycles. The van der Waals surface area contributed by atoms with E-state index in [0.29, 0.717) is 38.0 Å². The molecular formula is C17H19FN4O2. The van der Waals surface area contributed by atoms with Gasteiger partial charge in [0.25, 0.3) is 5.88 Å². The molecule has 6 nitrogen and oxygen atoms in total. The Labute approximate surface area is 139 Å². The van der Waals surface area contributed by atoms with Crippen molar-refractivity contribution in [1.82, 2.24) is 19.9 Å². The zero-order valence-corrected chi connectivity index (χ0v) is 13.5. The van der Waals surface area contributed by atoms with E-state index in [0.717, 1.165) is 5.56 Å². The van der Waals surface area contributed by atoms with Gasteiger partial charge in [0.05, 0.1) is 18.7 Å². The fraction of sp³-hybridized carbons (Fsp3) is 0.412. The summed E-state index contributed by atoms with van der Waals surface area (Å²) < 4.78 is 19.8. The minimum Gasteiger partial charge on any atom is -0.470 e. The molecule has 2 aromatic rings. The highest BCUT2D eigenvalue weighted by Gasteiger charge is 2.29. The standard InChI is InChI=1S/C17H19FN4O2/c1-2-14-16(18)17(21-11-20-14)24-13-5-7-22(10-13)15(23)8-12-4-3-6-19-9-12/h3-4,6,9,11,13H,2,5,7-8,10H2,1H3. The predicted molar refractivity (Wildman–Crippen MR) is 84.9 cm³/mol. The molecule has 2 aromatic heterocycles. The van der Waals surface area contributed by atoms with Crippen LogP contribution in [-0.2, 0) is 17.6 Å². The molecule has 126 valence electrons. The van der Waals surface area contributed by atoms with Gasteiger partial charge in [0.15, 0.2) is 0 Å². The lowest BCUT2D eigenvalue weighted by Crippen LogP contribution is -2.32. The first kappa shape index (κ1) is 16.3. The minimum absolute atomic E-state index is 0.0199. The fourth-order valence-corrected chi connectivity index (χ4v) is 2.71. The lowest BCUT2D eigenvalue weighted by atomic mass is 10.2. The molecule has 7 heteroatoms. The molecule has 1 unspecified atom stereocenters. The number of likely N-dealkylation sites (tertiary alicyclic amines) is 1. The number of hydrogen-bond acceptors (Lipinski definition) is 5. The number of pyridine rings is 1. The van der Waals surface area contributed by atoms with Crippen LogP contribution in [0.4, 0.5) is 4.39 Å². The third-order valence-electron chi connectivity index (χ3n) is 4.02. The smallest absolute Gasteiger partial charge is 0.254 e. The van der Waals surface area contributed by atoms with Crippen molar-refractivity contribution in [2.75, 3.05) is 13.1 Å². The van der Waals surface area contributed by atoms with Gasteiger partial charge in [-0.3, -0.25) is 9.78 Å². The molecule has 0 radical (unpaired) electrons. The van der Waals surface area contributed by atoms with E-state index >= 15 is 0 Å². The van der Waals surface area contributed by atoms with Crippen LogP contribution in [0.15, 0.2) is 30.9 Å². The van der Waals surface area contributed by atoms with Crippen molar-refractivity contribution in [3.8, 4) is 5.88 Å². The second kappa shape index (κ2) is 7.33. The number of amides is 1. The molecular weight excluding hydrogens is 311 g/mol. The third kappa shape index (κ3) is 3.67. The number of aryl methyl sites for hydroxylation is 1. The van der Waals surface area contributed by atoms with Crippen LogP contribution in [0.25, 0.3) is 0 Å². The van der Waals surface area contributed by atoms with Crippen LogP contribution >= 0.6 is 0 Å². The van der Waals surface area contributed by atoms with Crippen LogP contribution in [0.2, 0.25) is 0 Å². The van der Waals surface area contributed by atoms with Crippen LogP contribution in [0.1, 0.15) is 24.6 Å². The van der Waals surface area contributed by atoms with Gasteiger partial charge in [-0.25, -0.2) is 4.98 Å². The molecule has 0 bridgehead atoms. The van der Waals surface area contributed by atoms with Crippen LogP contribution in [0.5, 0.6) is 5.88 Å². The van der Waals surface area contributed by atoms with Gasteiger partial charge in [-0.05, 0) is 18.1 Å². The summed E-state index contributed by atoms with van der Waals surface area (Å²) in [7, 11) is 0. The van der Waals surface area contributed by atoms with Gasteiger partial charge in [0, 0.05) is 25.4 Å². The molecule has 0 N–H and O–H groups in total. The molecule has 0 spiro atoms. The second-order valence-electron chi connectivity index (χ2n) is 5.70. The van der Waals surface area contributed by atoms with E-state index in [9.17, 15) is 9.18 Å². The maximum atomic E-state index is 14.1. The summed E-state index contributed by atoms with van der Waals surface area (Å²) in [6.07, 6.45) is 5.85. The lowest BCUT2D eigenvalue weighted by Gasteiger charge is -2.17. The number of carbonyl (C=O) groups is 1. The molecule has 1 atom stereocenters. The Kier molecular flexibility index (Phi) is 4.98. The van der Waals surface area contributed by atoms with Crippen molar-refractivity contribution < 1.29 is 13.9 Å². The Balaban J connectivity index is 1.58. The van der Waals surface area contributed by atoms with E-state index in [1.807, 2.05) is 19.1 Å². The van der Waals surface area contributed by atoms with Crippen LogP contribution in [0.3, 0.4) is 0 Å². The topological polar surface area (TPSA) is 68.2 Å². The van der Waals surface area contributed by atoms with Crippen LogP contribution in [-0.4, -0.2) is 45.0 Å². The number of aromatic nitrogens is 3. The lowest BCUT2D eigenvalue weighted by molar-refractivity contribution is -0.129. The monoisotopic (exact) mass is 330 g/mol. The zero-order valence-electron chi connectivity index (χ0n) is 13.5. The van der Waals surface area contributed by atoms with Gasteiger partial charge in [0.1, 0.15) is 12.4 Å². The molecule has 24 heavy (non-hydrogen) atoms. The van der Waals surface area contributed by atoms with Crippen LogP contribution < -0.4 is 4.74 Å². The maximum absolute atomic E-state index is 14.1. The van der Waals surface area contributed by atoms with E-state index in [4.69, 9.17) is 4.74 Å². The summed E-state index contributed by atoms with van der Waals surface area (Å²) in [6, 6.07) is 3.68. The highest BCUT2D eigenvalue weighted by Crippen LogP contribution is 2.21. The van der Waals surface area contributed by atoms with Crippen LogP contribution in [0, 0.1) is 5.82 Å². The molecule has 1 fully saturated rings. The molecule has 0 saturated carbocycles. The molecule has 1 aliphatic heterocycles.